The molecule has 0 aromatic heterocycles. The van der Waals surface area contributed by atoms with Crippen LogP contribution < -0.4 is 36.8 Å². The minimum absolute atomic E-state index is 0.00259. The molecule has 0 aliphatic carbocycles. The van der Waals surface area contributed by atoms with Crippen molar-refractivity contribution >= 4 is 71.3 Å². The van der Waals surface area contributed by atoms with Crippen molar-refractivity contribution in [1.82, 2.24) is 16.0 Å². The first kappa shape index (κ1) is 75.4. The number of halogens is 1. The van der Waals surface area contributed by atoms with Crippen LogP contribution in [0.3, 0.4) is 0 Å². The summed E-state index contributed by atoms with van der Waals surface area (Å²) < 4.78 is 23.6. The van der Waals surface area contributed by atoms with Crippen LogP contribution in [0.25, 0.3) is 0 Å². The van der Waals surface area contributed by atoms with Crippen molar-refractivity contribution in [3.8, 4) is 5.75 Å². The first-order valence-electron chi connectivity index (χ1n) is 32.5. The molecule has 0 saturated carbocycles. The lowest BCUT2D eigenvalue weighted by molar-refractivity contribution is -0.179. The predicted molar refractivity (Wildman–Crippen MR) is 359 cm³/mol. The molecule has 19 nitrogen and oxygen atoms in total. The zero-order valence-corrected chi connectivity index (χ0v) is 57.5. The van der Waals surface area contributed by atoms with Gasteiger partial charge in [0.15, 0.2) is 11.9 Å². The van der Waals surface area contributed by atoms with Gasteiger partial charge in [0.05, 0.1) is 41.9 Å². The van der Waals surface area contributed by atoms with Crippen LogP contribution in [0.15, 0.2) is 115 Å². The number of nitrogens with two attached hydrogens (primary N) is 1. The summed E-state index contributed by atoms with van der Waals surface area (Å²) in [7, 11) is -1.15. The normalized spacial score (nSPS) is 21.8. The predicted octanol–water partition coefficient (Wildman–Crippen LogP) is 6.98. The van der Waals surface area contributed by atoms with Gasteiger partial charge in [-0.3, -0.25) is 28.8 Å². The molecule has 508 valence electrons. The van der Waals surface area contributed by atoms with E-state index >= 15 is 0 Å². The van der Waals surface area contributed by atoms with E-state index in [1.807, 2.05) is 95.3 Å². The molecule has 4 aromatic rings. The van der Waals surface area contributed by atoms with E-state index in [2.05, 4.69) is 61.0 Å². The number of rotatable bonds is 29. The number of Topliss-reactive ketones (excluding diaryl/α,β-unsaturated/α-hetero) is 2. The number of esters is 2. The summed E-state index contributed by atoms with van der Waals surface area (Å²) in [6.45, 7) is 18.3. The first-order valence-corrected chi connectivity index (χ1v) is 35.1. The first-order chi connectivity index (χ1) is 43.9. The molecular weight excluding hydrogens is 1220 g/mol. The molecule has 93 heavy (non-hydrogen) atoms. The fourth-order valence-electron chi connectivity index (χ4n) is 12.2. The zero-order chi connectivity index (χ0) is 68.5. The number of hydrogen-bond acceptors (Lipinski definition) is 16. The Bertz CT molecular complexity index is 3140. The maximum atomic E-state index is 14.1. The van der Waals surface area contributed by atoms with Gasteiger partial charge in [-0.1, -0.05) is 174 Å². The summed E-state index contributed by atoms with van der Waals surface area (Å²) in [5, 5.41) is 55.2. The largest absolute Gasteiger partial charge is 0.495 e. The van der Waals surface area contributed by atoms with E-state index in [4.69, 9.17) is 36.3 Å². The molecule has 1 saturated heterocycles. The van der Waals surface area contributed by atoms with Crippen LogP contribution in [0.5, 0.6) is 5.75 Å². The Morgan fingerprint density at radius 1 is 0.806 bits per heavy atom. The van der Waals surface area contributed by atoms with Crippen molar-refractivity contribution in [1.29, 1.82) is 0 Å². The van der Waals surface area contributed by atoms with Gasteiger partial charge in [0.25, 0.3) is 0 Å². The Labute approximate surface area is 554 Å². The van der Waals surface area contributed by atoms with Gasteiger partial charge in [0.1, 0.15) is 50.1 Å². The van der Waals surface area contributed by atoms with E-state index in [0.29, 0.717) is 28.8 Å². The molecular formula is C72H99ClN4O15Si. The molecule has 0 unspecified atom stereocenters. The van der Waals surface area contributed by atoms with Gasteiger partial charge >= 0.3 is 11.9 Å². The van der Waals surface area contributed by atoms with Gasteiger partial charge in [-0.2, -0.15) is 0 Å². The van der Waals surface area contributed by atoms with Gasteiger partial charge in [0.2, 0.25) is 17.7 Å². The molecule has 1 fully saturated rings. The minimum Gasteiger partial charge on any atom is -0.495 e. The molecule has 3 amide bonds. The summed E-state index contributed by atoms with van der Waals surface area (Å²) >= 11 is 6.40. The van der Waals surface area contributed by atoms with Crippen LogP contribution in [-0.2, 0) is 60.6 Å². The molecule has 2 aliphatic heterocycles. The monoisotopic (exact) mass is 1320 g/mol. The lowest BCUT2D eigenvalue weighted by Crippen LogP contribution is -2.64. The number of aliphatic hydroxyl groups is 4. The SMILES string of the molecule is COc1ccc(C[C@H]2NC(=O)/C=C/C[C@@H]([C@H](C)[C@H]3O[C@@H]3c3ccc(CCC(=O)[C@H](CCC(=O)NC[C@H](O)[C@@H](O)[C@H](O)[C@H](O)CC[Si](c4ccccc4)(c4ccccc4)C(C)(C)C)CC(=O)[C@@H](N)C(C)C)cc3)OC(=O)[C@H](CC(C)C)OC(=O)C(C)(C)CNC2=O)cc1Cl. The molecule has 0 spiro atoms. The summed E-state index contributed by atoms with van der Waals surface area (Å²) in [4.78, 5) is 95.9. The van der Waals surface area contributed by atoms with Gasteiger partial charge in [-0.05, 0) is 97.3 Å². The average Bonchev–Trinajstić information content (AvgIpc) is 1.11. The average molecular weight is 1320 g/mol. The topological polar surface area (TPSA) is 303 Å². The highest BCUT2D eigenvalue weighted by Gasteiger charge is 2.50. The molecule has 9 N–H and O–H groups in total. The number of cyclic esters (lactones) is 2. The van der Waals surface area contributed by atoms with E-state index in [9.17, 15) is 54.0 Å². The maximum absolute atomic E-state index is 14.1. The van der Waals surface area contributed by atoms with Gasteiger partial charge in [-0.15, -0.1) is 0 Å². The van der Waals surface area contributed by atoms with Crippen molar-refractivity contribution in [2.75, 3.05) is 20.2 Å². The number of ether oxygens (including phenoxy) is 4. The fourth-order valence-corrected chi connectivity index (χ4v) is 18.1. The van der Waals surface area contributed by atoms with E-state index in [1.54, 1.807) is 38.1 Å². The highest BCUT2D eigenvalue weighted by molar-refractivity contribution is 7.04. The number of ketones is 2. The van der Waals surface area contributed by atoms with E-state index < -0.39 is 122 Å². The molecule has 2 heterocycles. The highest BCUT2D eigenvalue weighted by Crippen LogP contribution is 2.46. The van der Waals surface area contributed by atoms with Crippen LogP contribution in [0, 0.1) is 29.1 Å². The Morgan fingerprint density at radius 3 is 2.00 bits per heavy atom. The van der Waals surface area contributed by atoms with Crippen molar-refractivity contribution < 1.29 is 72.9 Å². The van der Waals surface area contributed by atoms with Gasteiger partial charge < -0.3 is 61.1 Å². The third-order valence-corrected chi connectivity index (χ3v) is 24.8. The van der Waals surface area contributed by atoms with Crippen molar-refractivity contribution in [2.24, 2.45) is 34.8 Å². The van der Waals surface area contributed by atoms with E-state index in [0.717, 1.165) is 11.1 Å². The number of carbonyl (C=O) groups is 7. The van der Waals surface area contributed by atoms with Crippen LogP contribution in [0.4, 0.5) is 0 Å². The summed E-state index contributed by atoms with van der Waals surface area (Å²) in [5.41, 5.74) is 7.22. The molecule has 4 aromatic carbocycles. The van der Waals surface area contributed by atoms with Crippen molar-refractivity contribution in [2.45, 2.75) is 199 Å². The summed E-state index contributed by atoms with van der Waals surface area (Å²) in [6.07, 6.45) is -6.30. The number of carbonyl (C=O) groups excluding carboxylic acids is 7. The Hall–Kier alpha value is -6.62. The standard InChI is InChI=1S/C72H99ClN4O15Si/c1-43(2)37-60-69(87)90-58(23-18-24-62(83)77-53(39-47-28-33-59(89-11)52(73)38-47)68(86)76-42-72(9,10)70(88)91-60)45(5)66-67(92-66)48-29-25-46(26-30-48)27-32-54(78)49(40-56(80)63(74)44(3)4)31-34-61(82)75-41-57(81)65(85)64(84)55(79)35-36-93(71(6,7)8,50-19-14-12-15-20-50)51-21-16-13-17-22-51/h12-22,24-26,28-30,33,38,43-45,49,53,55,57-58,60,63-67,79,81,84-85H,23,27,31-32,34-37,39-42,74H2,1-11H3,(H,75,82)(H,76,86)(H,77,83)/b24-18+/t45-,49+,53+,55+,57-,58-,60-,63-,64+,65+,66+,67+/m0/s1. The number of benzene rings is 4. The number of amides is 3. The Morgan fingerprint density at radius 2 is 1.42 bits per heavy atom. The minimum atomic E-state index is -2.63. The van der Waals surface area contributed by atoms with Gasteiger partial charge in [0, 0.05) is 57.0 Å². The van der Waals surface area contributed by atoms with E-state index in [1.165, 1.54) is 23.6 Å². The van der Waals surface area contributed by atoms with Crippen LogP contribution in [-0.4, -0.2) is 145 Å². The molecule has 12 atom stereocenters. The molecule has 21 heteroatoms. The third-order valence-electron chi connectivity index (χ3n) is 18.2. The summed E-state index contributed by atoms with van der Waals surface area (Å²) in [5.74, 6) is -4.86. The Balaban J connectivity index is 1.07. The lowest BCUT2D eigenvalue weighted by Gasteiger charge is -2.45. The Kier molecular flexibility index (Phi) is 27.7. The van der Waals surface area contributed by atoms with Crippen LogP contribution in [0.2, 0.25) is 16.1 Å². The fraction of sp³-hybridized carbons (Fsp3) is 0.542. The van der Waals surface area contributed by atoms with Crippen molar-refractivity contribution in [3.63, 3.8) is 0 Å². The van der Waals surface area contributed by atoms with Crippen LogP contribution >= 0.6 is 11.6 Å². The second-order valence-corrected chi connectivity index (χ2v) is 33.0. The summed E-state index contributed by atoms with van der Waals surface area (Å²) in [6, 6.07) is 31.5. The molecule has 0 bridgehead atoms. The third kappa shape index (κ3) is 20.9. The number of aryl methyl sites for hydroxylation is 1. The number of methoxy groups -OCH3 is 1. The van der Waals surface area contributed by atoms with Crippen LogP contribution in [0.1, 0.15) is 137 Å². The number of epoxide rings is 1. The second kappa shape index (κ2) is 34.2. The zero-order valence-electron chi connectivity index (χ0n) is 55.8. The second-order valence-electron chi connectivity index (χ2n) is 27.6. The molecule has 0 radical (unpaired) electrons. The number of nitrogens with one attached hydrogen (secondary N) is 3. The number of hydrogen-bond donors (Lipinski definition) is 8. The quantitative estimate of drug-likeness (QED) is 0.0155. The maximum Gasteiger partial charge on any atom is 0.347 e. The van der Waals surface area contributed by atoms with Crippen molar-refractivity contribution in [3.05, 3.63) is 137 Å². The smallest absolute Gasteiger partial charge is 0.347 e. The highest BCUT2D eigenvalue weighted by atomic mass is 35.5. The number of aliphatic hydroxyl groups excluding tert-OH is 4. The lowest BCUT2D eigenvalue weighted by atomic mass is 9.86. The molecule has 2 aliphatic rings. The van der Waals surface area contributed by atoms with Gasteiger partial charge in [-0.25, -0.2) is 4.79 Å². The molecule has 6 rings (SSSR count). The van der Waals surface area contributed by atoms with E-state index in [-0.39, 0.29) is 86.4 Å².